The molecule has 0 radical (unpaired) electrons. The van der Waals surface area contributed by atoms with Crippen molar-refractivity contribution in [1.29, 1.82) is 0 Å². The highest BCUT2D eigenvalue weighted by Gasteiger charge is 1.84. The Bertz CT molecular complexity index is 274. The monoisotopic (exact) mass is 157 g/mol. The number of carbonyl (C=O) groups is 1. The number of nitrogens with zero attached hydrogens (tertiary/aromatic N) is 2. The van der Waals surface area contributed by atoms with Gasteiger partial charge in [-0.1, -0.05) is 0 Å². The lowest BCUT2D eigenvalue weighted by molar-refractivity contribution is -0.109. The van der Waals surface area contributed by atoms with Crippen LogP contribution in [0.3, 0.4) is 0 Å². The Labute approximate surface area is 61.8 Å². The lowest BCUT2D eigenvalue weighted by atomic mass is 10.9. The summed E-state index contributed by atoms with van der Waals surface area (Å²) in [6.45, 7) is 0. The second kappa shape index (κ2) is 3.17. The molecule has 0 bridgehead atoms. The van der Waals surface area contributed by atoms with E-state index in [1.54, 1.807) is 0 Å². The Kier molecular flexibility index (Phi) is 2.22. The maximum atomic E-state index is 9.80. The van der Waals surface area contributed by atoms with E-state index in [2.05, 4.69) is 10.5 Å². The van der Waals surface area contributed by atoms with Gasteiger partial charge in [-0.2, -0.15) is 0 Å². The van der Waals surface area contributed by atoms with Gasteiger partial charge in [-0.05, 0) is 0 Å². The van der Waals surface area contributed by atoms with Crippen LogP contribution in [-0.4, -0.2) is 11.0 Å². The summed E-state index contributed by atoms with van der Waals surface area (Å²) >= 11 is 1.46. The van der Waals surface area contributed by atoms with E-state index in [0.717, 1.165) is 4.80 Å². The van der Waals surface area contributed by atoms with Crippen LogP contribution in [0.1, 0.15) is 0 Å². The second-order valence-electron chi connectivity index (χ2n) is 1.66. The number of amides is 1. The van der Waals surface area contributed by atoms with Gasteiger partial charge in [-0.15, -0.1) is 16.4 Å². The quantitative estimate of drug-likeness (QED) is 0.463. The first-order chi connectivity index (χ1) is 4.84. The largest absolute Gasteiger partial charge is 0.325 e. The van der Waals surface area contributed by atoms with Crippen molar-refractivity contribution in [3.8, 4) is 0 Å². The standard InChI is InChI=1S/C5H7N3OS/c1-8-2-3-10-5(8)7-6-4-9/h2-4H,1H3,(H,6,9)/b7-5+. The van der Waals surface area contributed by atoms with Crippen LogP contribution >= 0.6 is 11.3 Å². The molecule has 1 aromatic rings. The minimum atomic E-state index is 0.541. The third-order valence-corrected chi connectivity index (χ3v) is 1.82. The number of hydrogen-bond acceptors (Lipinski definition) is 3. The number of hydrogen-bond donors (Lipinski definition) is 1. The third-order valence-electron chi connectivity index (χ3n) is 0.973. The molecule has 0 aliphatic rings. The van der Waals surface area contributed by atoms with Crippen LogP contribution in [0.2, 0.25) is 0 Å². The zero-order valence-electron chi connectivity index (χ0n) is 5.44. The number of carbonyl (C=O) groups excluding carboxylic acids is 1. The smallest absolute Gasteiger partial charge is 0.227 e. The molecule has 0 saturated heterocycles. The molecular formula is C5H7N3OS. The molecule has 1 rings (SSSR count). The summed E-state index contributed by atoms with van der Waals surface area (Å²) in [6.07, 6.45) is 2.41. The fraction of sp³-hybridized carbons (Fsp3) is 0.200. The van der Waals surface area contributed by atoms with Crippen LogP contribution in [0.25, 0.3) is 0 Å². The molecule has 10 heavy (non-hydrogen) atoms. The molecule has 1 heterocycles. The molecule has 0 atom stereocenters. The highest BCUT2D eigenvalue weighted by Crippen LogP contribution is 1.83. The predicted molar refractivity (Wildman–Crippen MR) is 38.1 cm³/mol. The van der Waals surface area contributed by atoms with Gasteiger partial charge in [-0.3, -0.25) is 4.79 Å². The van der Waals surface area contributed by atoms with E-state index in [1.165, 1.54) is 11.3 Å². The van der Waals surface area contributed by atoms with E-state index >= 15 is 0 Å². The highest BCUT2D eigenvalue weighted by atomic mass is 32.1. The Balaban J connectivity index is 2.91. The molecule has 0 aliphatic heterocycles. The maximum absolute atomic E-state index is 9.80. The fourth-order valence-corrected chi connectivity index (χ4v) is 1.21. The fourth-order valence-electron chi connectivity index (χ4n) is 0.516. The molecule has 1 aromatic heterocycles. The minimum absolute atomic E-state index is 0.541. The van der Waals surface area contributed by atoms with Gasteiger partial charge in [-0.25, -0.2) is 5.43 Å². The summed E-state index contributed by atoms with van der Waals surface area (Å²) in [5.41, 5.74) is 2.23. The van der Waals surface area contributed by atoms with Gasteiger partial charge >= 0.3 is 0 Å². The number of aromatic nitrogens is 1. The SMILES string of the molecule is Cn1ccs/c1=N/NC=O. The summed E-state index contributed by atoms with van der Waals surface area (Å²) in [5, 5.41) is 5.64. The van der Waals surface area contributed by atoms with Gasteiger partial charge in [0, 0.05) is 18.6 Å². The molecule has 0 unspecified atom stereocenters. The molecule has 0 fully saturated rings. The topological polar surface area (TPSA) is 46.4 Å². The van der Waals surface area contributed by atoms with Crippen molar-refractivity contribution in [2.75, 3.05) is 0 Å². The molecule has 1 amide bonds. The van der Waals surface area contributed by atoms with Gasteiger partial charge in [0.05, 0.1) is 0 Å². The maximum Gasteiger partial charge on any atom is 0.227 e. The first-order valence-corrected chi connectivity index (χ1v) is 3.55. The molecule has 5 heteroatoms. The first kappa shape index (κ1) is 7.01. The Morgan fingerprint density at radius 1 is 1.90 bits per heavy atom. The van der Waals surface area contributed by atoms with Crippen molar-refractivity contribution >= 4 is 17.7 Å². The van der Waals surface area contributed by atoms with Gasteiger partial charge in [0.1, 0.15) is 0 Å². The molecule has 0 aliphatic carbocycles. The van der Waals surface area contributed by atoms with Crippen molar-refractivity contribution in [2.24, 2.45) is 12.1 Å². The zero-order chi connectivity index (χ0) is 7.40. The van der Waals surface area contributed by atoms with Crippen molar-refractivity contribution in [1.82, 2.24) is 9.99 Å². The number of rotatable bonds is 2. The Morgan fingerprint density at radius 2 is 2.70 bits per heavy atom. The molecule has 54 valence electrons. The van der Waals surface area contributed by atoms with Crippen LogP contribution in [0.5, 0.6) is 0 Å². The molecule has 0 aromatic carbocycles. The van der Waals surface area contributed by atoms with Crippen LogP contribution in [-0.2, 0) is 11.8 Å². The van der Waals surface area contributed by atoms with Crippen LogP contribution < -0.4 is 10.2 Å². The third kappa shape index (κ3) is 1.44. The van der Waals surface area contributed by atoms with Crippen molar-refractivity contribution in [3.63, 3.8) is 0 Å². The van der Waals surface area contributed by atoms with Gasteiger partial charge < -0.3 is 4.57 Å². The summed E-state index contributed by atoms with van der Waals surface area (Å²) in [7, 11) is 1.86. The lowest BCUT2D eigenvalue weighted by Gasteiger charge is -1.86. The molecule has 0 saturated carbocycles. The molecule has 0 spiro atoms. The normalized spacial score (nSPS) is 11.5. The average molecular weight is 157 g/mol. The van der Waals surface area contributed by atoms with Crippen LogP contribution in [0.15, 0.2) is 16.7 Å². The minimum Gasteiger partial charge on any atom is -0.325 e. The van der Waals surface area contributed by atoms with Crippen LogP contribution in [0, 0.1) is 0 Å². The number of nitrogens with one attached hydrogen (secondary N) is 1. The van der Waals surface area contributed by atoms with Gasteiger partial charge in [0.2, 0.25) is 11.2 Å². The lowest BCUT2D eigenvalue weighted by Crippen LogP contribution is -2.15. The summed E-state index contributed by atoms with van der Waals surface area (Å²) in [5.74, 6) is 0. The van der Waals surface area contributed by atoms with E-state index in [1.807, 2.05) is 23.2 Å². The van der Waals surface area contributed by atoms with Crippen LogP contribution in [0.4, 0.5) is 0 Å². The number of aryl methyl sites for hydroxylation is 1. The summed E-state index contributed by atoms with van der Waals surface area (Å²) < 4.78 is 1.82. The zero-order valence-corrected chi connectivity index (χ0v) is 6.26. The van der Waals surface area contributed by atoms with Crippen molar-refractivity contribution in [2.45, 2.75) is 0 Å². The molecule has 4 nitrogen and oxygen atoms in total. The Morgan fingerprint density at radius 3 is 3.20 bits per heavy atom. The van der Waals surface area contributed by atoms with Crippen molar-refractivity contribution < 1.29 is 4.79 Å². The number of thiazole rings is 1. The summed E-state index contributed by atoms with van der Waals surface area (Å²) in [6, 6.07) is 0. The first-order valence-electron chi connectivity index (χ1n) is 2.67. The van der Waals surface area contributed by atoms with E-state index < -0.39 is 0 Å². The Hall–Kier alpha value is -1.10. The average Bonchev–Trinajstić information content (AvgIpc) is 2.31. The molecule has 1 N–H and O–H groups in total. The van der Waals surface area contributed by atoms with E-state index in [4.69, 9.17) is 0 Å². The van der Waals surface area contributed by atoms with Gasteiger partial charge in [0.25, 0.3) is 0 Å². The van der Waals surface area contributed by atoms with Crippen molar-refractivity contribution in [3.05, 3.63) is 16.4 Å². The highest BCUT2D eigenvalue weighted by molar-refractivity contribution is 7.07. The van der Waals surface area contributed by atoms with E-state index in [9.17, 15) is 4.79 Å². The second-order valence-corrected chi connectivity index (χ2v) is 2.53. The molecular weight excluding hydrogens is 150 g/mol. The van der Waals surface area contributed by atoms with Gasteiger partial charge in [0.15, 0.2) is 0 Å². The summed E-state index contributed by atoms with van der Waals surface area (Å²) in [4.78, 5) is 10.6. The predicted octanol–water partition coefficient (Wildman–Crippen LogP) is -0.352. The van der Waals surface area contributed by atoms with E-state index in [0.29, 0.717) is 6.41 Å². The van der Waals surface area contributed by atoms with E-state index in [-0.39, 0.29) is 0 Å².